The number of aromatic hydroxyl groups is 2. The van der Waals surface area contributed by atoms with E-state index in [0.29, 0.717) is 28.0 Å². The van der Waals surface area contributed by atoms with E-state index >= 15 is 0 Å². The van der Waals surface area contributed by atoms with Crippen molar-refractivity contribution in [3.05, 3.63) is 194 Å². The molecule has 0 amide bonds. The third kappa shape index (κ3) is 6.00. The minimum Gasteiger partial charge on any atom is -0.507 e. The molecule has 3 aromatic heterocycles. The van der Waals surface area contributed by atoms with Gasteiger partial charge in [-0.15, -0.1) is 0 Å². The molecule has 0 fully saturated rings. The van der Waals surface area contributed by atoms with Crippen LogP contribution in [0.5, 0.6) is 11.5 Å². The minimum absolute atomic E-state index is 0. The average molecular weight is 942 g/mol. The zero-order valence-electron chi connectivity index (χ0n) is 31.5. The Kier molecular flexibility index (Phi) is 8.93. The van der Waals surface area contributed by atoms with Crippen LogP contribution in [0.3, 0.4) is 0 Å². The van der Waals surface area contributed by atoms with Crippen LogP contribution in [0.1, 0.15) is 5.69 Å². The normalized spacial score (nSPS) is 11.7. The molecular weight excluding hydrogens is 908 g/mol. The maximum Gasteiger partial charge on any atom is 0.127 e. The molecule has 0 saturated carbocycles. The van der Waals surface area contributed by atoms with Crippen molar-refractivity contribution in [3.63, 3.8) is 0 Å². The van der Waals surface area contributed by atoms with Gasteiger partial charge in [-0.05, 0) is 77.9 Å². The van der Waals surface area contributed by atoms with Crippen LogP contribution in [0.15, 0.2) is 193 Å². The first-order valence-corrected chi connectivity index (χ1v) is 19.3. The molecule has 0 spiro atoms. The fraction of sp³-hybridized carbons (Fsp3) is 0. The van der Waals surface area contributed by atoms with E-state index in [2.05, 4.69) is 106 Å². The van der Waals surface area contributed by atoms with Crippen molar-refractivity contribution in [3.8, 4) is 45.3 Å². The van der Waals surface area contributed by atoms with Crippen molar-refractivity contribution in [1.29, 1.82) is 0 Å². The molecule has 0 bridgehead atoms. The van der Waals surface area contributed by atoms with Crippen molar-refractivity contribution in [2.45, 2.75) is 0 Å². The van der Waals surface area contributed by atoms with Crippen LogP contribution in [-0.2, 0) is 21.1 Å². The van der Waals surface area contributed by atoms with E-state index in [9.17, 15) is 10.2 Å². The minimum atomic E-state index is 0. The zero-order chi connectivity index (χ0) is 38.7. The molecule has 2 N–H and O–H groups in total. The standard InChI is InChI=1S/C52H34N4O2.Pt/c57-50-28-27-49(56-47-23-10-6-17-39(47)40-18-7-11-24-48(40)56)42-19-12-20-43(52(42)50)53-32-35-29-34(33-13-2-1-3-14-33)30-44(54-35)41-26-25-36(31-51(41)58)55-45-21-8-4-15-37(45)38-16-5-9-22-46(38)55;/h1-32,57-58H;. The molecule has 3 heterocycles. The number of benzene rings is 8. The molecule has 8 aromatic carbocycles. The second-order valence-electron chi connectivity index (χ2n) is 14.5. The largest absolute Gasteiger partial charge is 0.507 e. The van der Waals surface area contributed by atoms with Crippen LogP contribution in [-0.4, -0.2) is 30.5 Å². The summed E-state index contributed by atoms with van der Waals surface area (Å²) in [7, 11) is 0. The molecule has 284 valence electrons. The molecule has 59 heavy (non-hydrogen) atoms. The number of hydrogen-bond donors (Lipinski definition) is 2. The number of aromatic nitrogens is 3. The number of fused-ring (bicyclic) bond motifs is 7. The Morgan fingerprint density at radius 3 is 1.63 bits per heavy atom. The molecule has 6 nitrogen and oxygen atoms in total. The molecule has 0 radical (unpaired) electrons. The molecule has 0 aliphatic carbocycles. The van der Waals surface area contributed by atoms with Crippen molar-refractivity contribution in [2.24, 2.45) is 4.99 Å². The summed E-state index contributed by atoms with van der Waals surface area (Å²) in [6.45, 7) is 0. The van der Waals surface area contributed by atoms with Gasteiger partial charge in [0.25, 0.3) is 0 Å². The van der Waals surface area contributed by atoms with Gasteiger partial charge in [0.05, 0.1) is 56.4 Å². The summed E-state index contributed by atoms with van der Waals surface area (Å²) >= 11 is 0. The Balaban J connectivity index is 0.00000420. The molecule has 0 unspecified atom stereocenters. The van der Waals surface area contributed by atoms with Gasteiger partial charge in [-0.25, -0.2) is 4.98 Å². The molecule has 11 rings (SSSR count). The van der Waals surface area contributed by atoms with E-state index < -0.39 is 0 Å². The van der Waals surface area contributed by atoms with Gasteiger partial charge in [-0.3, -0.25) is 4.99 Å². The summed E-state index contributed by atoms with van der Waals surface area (Å²) < 4.78 is 4.45. The molecule has 7 heteroatoms. The van der Waals surface area contributed by atoms with Gasteiger partial charge in [-0.2, -0.15) is 0 Å². The Hall–Kier alpha value is -7.27. The van der Waals surface area contributed by atoms with Crippen LogP contribution >= 0.6 is 0 Å². The van der Waals surface area contributed by atoms with E-state index in [-0.39, 0.29) is 32.6 Å². The van der Waals surface area contributed by atoms with Gasteiger partial charge in [0.1, 0.15) is 11.5 Å². The SMILES string of the molecule is Oc1cc(-n2c3ccccc3c3ccccc32)ccc1-c1cc(-c2ccccc2)cc(C=Nc2cccc3c(-n4c5ccccc5c5ccccc54)ccc(O)c23)n1.[Pt]. The van der Waals surface area contributed by atoms with E-state index in [0.717, 1.165) is 60.7 Å². The van der Waals surface area contributed by atoms with Crippen LogP contribution in [0.4, 0.5) is 5.69 Å². The third-order valence-electron chi connectivity index (χ3n) is 11.2. The summed E-state index contributed by atoms with van der Waals surface area (Å²) in [5, 5.41) is 29.3. The van der Waals surface area contributed by atoms with Gasteiger partial charge in [-0.1, -0.05) is 115 Å². The summed E-state index contributed by atoms with van der Waals surface area (Å²) in [5.41, 5.74) is 10.5. The van der Waals surface area contributed by atoms with E-state index in [4.69, 9.17) is 9.98 Å². The third-order valence-corrected chi connectivity index (χ3v) is 11.2. The monoisotopic (exact) mass is 941 g/mol. The van der Waals surface area contributed by atoms with Crippen LogP contribution in [0.2, 0.25) is 0 Å². The first kappa shape index (κ1) is 36.1. The van der Waals surface area contributed by atoms with Gasteiger partial charge in [0, 0.05) is 65.3 Å². The molecule has 0 aliphatic heterocycles. The number of para-hydroxylation sites is 4. The Morgan fingerprint density at radius 2 is 1.02 bits per heavy atom. The van der Waals surface area contributed by atoms with E-state index in [1.807, 2.05) is 84.9 Å². The number of phenols is 2. The van der Waals surface area contributed by atoms with Crippen molar-refractivity contribution < 1.29 is 31.3 Å². The Labute approximate surface area is 353 Å². The van der Waals surface area contributed by atoms with E-state index in [1.165, 1.54) is 10.8 Å². The molecule has 11 aromatic rings. The number of rotatable bonds is 6. The predicted molar refractivity (Wildman–Crippen MR) is 238 cm³/mol. The van der Waals surface area contributed by atoms with Crippen LogP contribution in [0, 0.1) is 0 Å². The van der Waals surface area contributed by atoms with Crippen molar-refractivity contribution >= 4 is 66.3 Å². The zero-order valence-corrected chi connectivity index (χ0v) is 33.7. The summed E-state index contributed by atoms with van der Waals surface area (Å²) in [4.78, 5) is 10.0. The van der Waals surface area contributed by atoms with Gasteiger partial charge >= 0.3 is 0 Å². The molecular formula is C52H34N4O2Pt. The van der Waals surface area contributed by atoms with Crippen LogP contribution in [0.25, 0.3) is 88.1 Å². The number of pyridine rings is 1. The number of nitrogens with zero attached hydrogens (tertiary/aromatic N) is 4. The molecule has 0 atom stereocenters. The van der Waals surface area contributed by atoms with Gasteiger partial charge in [0.2, 0.25) is 0 Å². The quantitative estimate of drug-likeness (QED) is 0.163. The Bertz CT molecular complexity index is 3330. The average Bonchev–Trinajstić information content (AvgIpc) is 3.79. The summed E-state index contributed by atoms with van der Waals surface area (Å²) in [6, 6.07) is 63.0. The molecule has 0 aliphatic rings. The summed E-state index contributed by atoms with van der Waals surface area (Å²) in [6.07, 6.45) is 1.74. The smallest absolute Gasteiger partial charge is 0.127 e. The van der Waals surface area contributed by atoms with Crippen molar-refractivity contribution in [1.82, 2.24) is 14.1 Å². The maximum absolute atomic E-state index is 11.7. The maximum atomic E-state index is 11.7. The summed E-state index contributed by atoms with van der Waals surface area (Å²) in [5.74, 6) is 0.267. The van der Waals surface area contributed by atoms with E-state index in [1.54, 1.807) is 12.3 Å². The second kappa shape index (κ2) is 14.6. The van der Waals surface area contributed by atoms with Gasteiger partial charge < -0.3 is 19.3 Å². The number of aliphatic imine (C=N–C) groups is 1. The number of hydrogen-bond acceptors (Lipinski definition) is 4. The topological polar surface area (TPSA) is 75.6 Å². The van der Waals surface area contributed by atoms with Gasteiger partial charge in [0.15, 0.2) is 0 Å². The molecule has 0 saturated heterocycles. The number of phenolic OH excluding ortho intramolecular Hbond substituents is 2. The fourth-order valence-corrected chi connectivity index (χ4v) is 8.60. The second-order valence-corrected chi connectivity index (χ2v) is 14.5. The van der Waals surface area contributed by atoms with Crippen molar-refractivity contribution in [2.75, 3.05) is 0 Å². The Morgan fingerprint density at radius 1 is 0.458 bits per heavy atom. The van der Waals surface area contributed by atoms with Crippen LogP contribution < -0.4 is 0 Å². The fourth-order valence-electron chi connectivity index (χ4n) is 8.60. The first-order chi connectivity index (χ1) is 28.6. The predicted octanol–water partition coefficient (Wildman–Crippen LogP) is 12.9. The first-order valence-electron chi connectivity index (χ1n) is 19.3.